The van der Waals surface area contributed by atoms with Crippen LogP contribution < -0.4 is 10.5 Å². The van der Waals surface area contributed by atoms with E-state index >= 15 is 0 Å². The molecule has 1 aliphatic heterocycles. The number of nitrogens with zero attached hydrogens (tertiary/aromatic N) is 5. The molecule has 6 nitrogen and oxygen atoms in total. The largest absolute Gasteiger partial charge is 0.433 e. The van der Waals surface area contributed by atoms with Gasteiger partial charge in [0.2, 0.25) is 0 Å². The molecule has 0 atom stereocenters. The molecule has 0 bridgehead atoms. The molecule has 2 aromatic heterocycles. The number of halogens is 3. The molecule has 0 aliphatic carbocycles. The van der Waals surface area contributed by atoms with Crippen LogP contribution >= 0.6 is 0 Å². The van der Waals surface area contributed by atoms with Gasteiger partial charge in [0.05, 0.1) is 11.9 Å². The zero-order chi connectivity index (χ0) is 18.7. The van der Waals surface area contributed by atoms with E-state index in [2.05, 4.69) is 16.0 Å². The minimum atomic E-state index is -4.62. The maximum Gasteiger partial charge on any atom is 0.433 e. The number of piperidine rings is 1. The number of anilines is 1. The summed E-state index contributed by atoms with van der Waals surface area (Å²) in [5, 5.41) is 9.16. The van der Waals surface area contributed by atoms with Crippen LogP contribution in [-0.2, 0) is 12.7 Å². The highest BCUT2D eigenvalue weighted by Gasteiger charge is 2.33. The van der Waals surface area contributed by atoms with Crippen molar-refractivity contribution in [3.63, 3.8) is 0 Å². The zero-order valence-electron chi connectivity index (χ0n) is 13.8. The van der Waals surface area contributed by atoms with Crippen molar-refractivity contribution in [2.24, 2.45) is 5.92 Å². The Morgan fingerprint density at radius 1 is 1.27 bits per heavy atom. The van der Waals surface area contributed by atoms with E-state index in [4.69, 9.17) is 5.26 Å². The summed E-state index contributed by atoms with van der Waals surface area (Å²) in [6.07, 6.45) is -0.533. The van der Waals surface area contributed by atoms with Crippen molar-refractivity contribution in [2.75, 3.05) is 18.0 Å². The Morgan fingerprint density at radius 2 is 2.00 bits per heavy atom. The van der Waals surface area contributed by atoms with E-state index in [0.29, 0.717) is 37.1 Å². The second-order valence-electron chi connectivity index (χ2n) is 6.18. The van der Waals surface area contributed by atoms with Crippen LogP contribution in [-0.4, -0.2) is 27.6 Å². The van der Waals surface area contributed by atoms with Gasteiger partial charge in [-0.2, -0.15) is 18.4 Å². The Hall–Kier alpha value is -2.89. The van der Waals surface area contributed by atoms with Gasteiger partial charge < -0.3 is 4.90 Å². The summed E-state index contributed by atoms with van der Waals surface area (Å²) in [7, 11) is 0. The third-order valence-corrected chi connectivity index (χ3v) is 4.45. The third-order valence-electron chi connectivity index (χ3n) is 4.45. The zero-order valence-corrected chi connectivity index (χ0v) is 13.8. The summed E-state index contributed by atoms with van der Waals surface area (Å²) in [4.78, 5) is 21.5. The number of pyridine rings is 1. The molecule has 26 heavy (non-hydrogen) atoms. The Kier molecular flexibility index (Phi) is 4.93. The number of nitriles is 1. The van der Waals surface area contributed by atoms with Crippen molar-refractivity contribution in [1.82, 2.24) is 14.5 Å². The molecule has 1 saturated heterocycles. The molecule has 0 radical (unpaired) electrons. The summed E-state index contributed by atoms with van der Waals surface area (Å²) >= 11 is 0. The van der Waals surface area contributed by atoms with Gasteiger partial charge in [-0.3, -0.25) is 9.36 Å². The van der Waals surface area contributed by atoms with E-state index in [-0.39, 0.29) is 5.92 Å². The van der Waals surface area contributed by atoms with Crippen LogP contribution in [0.25, 0.3) is 0 Å². The minimum absolute atomic E-state index is 0.150. The number of alkyl halides is 3. The molecule has 3 rings (SSSR count). The van der Waals surface area contributed by atoms with Crippen LogP contribution in [0, 0.1) is 17.2 Å². The molecule has 0 spiro atoms. The van der Waals surface area contributed by atoms with Gasteiger partial charge >= 0.3 is 6.18 Å². The molecular weight excluding hydrogens is 347 g/mol. The SMILES string of the molecule is N#Cc1cccnc1N1CCC(Cn2cnc(C(F)(F)F)cc2=O)CC1. The predicted molar refractivity (Wildman–Crippen MR) is 87.4 cm³/mol. The lowest BCUT2D eigenvalue weighted by Crippen LogP contribution is -2.37. The molecular formula is C17H16F3N5O. The lowest BCUT2D eigenvalue weighted by molar-refractivity contribution is -0.141. The molecule has 2 aromatic rings. The monoisotopic (exact) mass is 363 g/mol. The van der Waals surface area contributed by atoms with Crippen molar-refractivity contribution in [1.29, 1.82) is 5.26 Å². The average molecular weight is 363 g/mol. The molecule has 3 heterocycles. The first kappa shape index (κ1) is 17.9. The molecule has 1 aliphatic rings. The van der Waals surface area contributed by atoms with Gasteiger partial charge in [-0.05, 0) is 30.9 Å². The lowest BCUT2D eigenvalue weighted by atomic mass is 9.96. The van der Waals surface area contributed by atoms with Gasteiger partial charge in [0, 0.05) is 31.9 Å². The minimum Gasteiger partial charge on any atom is -0.356 e. The standard InChI is InChI=1S/C17H16F3N5O/c18-17(19,20)14-8-15(26)25(11-23-14)10-12-3-6-24(7-4-12)16-13(9-21)2-1-5-22-16/h1-2,5,8,11-12H,3-4,6-7,10H2. The van der Waals surface area contributed by atoms with Crippen molar-refractivity contribution in [3.05, 3.63) is 52.3 Å². The van der Waals surface area contributed by atoms with E-state index in [9.17, 15) is 18.0 Å². The first-order chi connectivity index (χ1) is 12.4. The summed E-state index contributed by atoms with van der Waals surface area (Å²) in [5.74, 6) is 0.790. The predicted octanol–water partition coefficient (Wildman–Crippen LogP) is 2.45. The highest BCUT2D eigenvalue weighted by atomic mass is 19.4. The molecule has 0 amide bonds. The molecule has 0 N–H and O–H groups in total. The Labute approximate surface area is 147 Å². The Morgan fingerprint density at radius 3 is 2.62 bits per heavy atom. The summed E-state index contributed by atoms with van der Waals surface area (Å²) in [6.45, 7) is 1.66. The van der Waals surface area contributed by atoms with Crippen molar-refractivity contribution in [3.8, 4) is 6.07 Å². The fourth-order valence-corrected chi connectivity index (χ4v) is 3.06. The van der Waals surface area contributed by atoms with Gasteiger partial charge in [0.25, 0.3) is 5.56 Å². The highest BCUT2D eigenvalue weighted by molar-refractivity contribution is 5.53. The van der Waals surface area contributed by atoms with Gasteiger partial charge in [-0.15, -0.1) is 0 Å². The topological polar surface area (TPSA) is 74.8 Å². The number of aromatic nitrogens is 3. The van der Waals surface area contributed by atoms with E-state index in [0.717, 1.165) is 19.2 Å². The van der Waals surface area contributed by atoms with Gasteiger partial charge in [-0.25, -0.2) is 9.97 Å². The first-order valence-corrected chi connectivity index (χ1v) is 8.12. The van der Waals surface area contributed by atoms with E-state index < -0.39 is 17.4 Å². The van der Waals surface area contributed by atoms with Crippen molar-refractivity contribution < 1.29 is 13.2 Å². The molecule has 136 valence electrons. The van der Waals surface area contributed by atoms with Gasteiger partial charge in [-0.1, -0.05) is 0 Å². The average Bonchev–Trinajstić information content (AvgIpc) is 2.63. The third kappa shape index (κ3) is 3.85. The first-order valence-electron chi connectivity index (χ1n) is 8.12. The second kappa shape index (κ2) is 7.15. The number of hydrogen-bond acceptors (Lipinski definition) is 5. The van der Waals surface area contributed by atoms with Crippen LogP contribution in [0.3, 0.4) is 0 Å². The van der Waals surface area contributed by atoms with Crippen LogP contribution in [0.1, 0.15) is 24.1 Å². The molecule has 0 unspecified atom stereocenters. The maximum absolute atomic E-state index is 12.6. The summed E-state index contributed by atoms with van der Waals surface area (Å²) < 4.78 is 39.0. The number of rotatable bonds is 3. The summed E-state index contributed by atoms with van der Waals surface area (Å²) in [6, 6.07) is 6.07. The van der Waals surface area contributed by atoms with Crippen LogP contribution in [0.5, 0.6) is 0 Å². The number of hydrogen-bond donors (Lipinski definition) is 0. The molecule has 0 saturated carbocycles. The second-order valence-corrected chi connectivity index (χ2v) is 6.18. The van der Waals surface area contributed by atoms with Crippen molar-refractivity contribution >= 4 is 5.82 Å². The van der Waals surface area contributed by atoms with Gasteiger partial charge in [0.15, 0.2) is 5.69 Å². The quantitative estimate of drug-likeness (QED) is 0.837. The van der Waals surface area contributed by atoms with Crippen LogP contribution in [0.4, 0.5) is 19.0 Å². The lowest BCUT2D eigenvalue weighted by Gasteiger charge is -2.33. The molecule has 0 aromatic carbocycles. The molecule has 1 fully saturated rings. The fraction of sp³-hybridized carbons (Fsp3) is 0.412. The van der Waals surface area contributed by atoms with Crippen molar-refractivity contribution in [2.45, 2.75) is 25.6 Å². The smallest absolute Gasteiger partial charge is 0.356 e. The highest BCUT2D eigenvalue weighted by Crippen LogP contribution is 2.27. The normalized spacial score (nSPS) is 15.7. The van der Waals surface area contributed by atoms with E-state index in [1.54, 1.807) is 18.3 Å². The van der Waals surface area contributed by atoms with Crippen LogP contribution in [0.2, 0.25) is 0 Å². The maximum atomic E-state index is 12.6. The summed E-state index contributed by atoms with van der Waals surface area (Å²) in [5.41, 5.74) is -1.37. The Balaban J connectivity index is 1.65. The fourth-order valence-electron chi connectivity index (χ4n) is 3.06. The van der Waals surface area contributed by atoms with E-state index in [1.165, 1.54) is 4.57 Å². The van der Waals surface area contributed by atoms with Crippen LogP contribution in [0.15, 0.2) is 35.5 Å². The Bertz CT molecular complexity index is 879. The van der Waals surface area contributed by atoms with E-state index in [1.807, 2.05) is 4.90 Å². The van der Waals surface area contributed by atoms with Gasteiger partial charge in [0.1, 0.15) is 11.9 Å². The molecule has 9 heteroatoms.